The zero-order valence-electron chi connectivity index (χ0n) is 15.9. The average Bonchev–Trinajstić information content (AvgIpc) is 3.10. The van der Waals surface area contributed by atoms with Crippen molar-refractivity contribution in [3.05, 3.63) is 82.0 Å². The smallest absolute Gasteiger partial charge is 0.348 e. The molecule has 0 amide bonds. The zero-order valence-corrected chi connectivity index (χ0v) is 16.7. The van der Waals surface area contributed by atoms with Crippen LogP contribution in [0.4, 0.5) is 0 Å². The Labute approximate surface area is 171 Å². The fourth-order valence-electron chi connectivity index (χ4n) is 3.61. The normalized spacial score (nSPS) is 11.2. The number of ether oxygens (including phenoxy) is 1. The van der Waals surface area contributed by atoms with Crippen molar-refractivity contribution in [3.63, 3.8) is 0 Å². The molecule has 0 saturated heterocycles. The number of aryl methyl sites for hydroxylation is 1. The summed E-state index contributed by atoms with van der Waals surface area (Å²) in [5.41, 5.74) is 2.30. The fourth-order valence-corrected chi connectivity index (χ4v) is 4.64. The Morgan fingerprint density at radius 1 is 0.931 bits per heavy atom. The predicted octanol–water partition coefficient (Wildman–Crippen LogP) is 6.05. The van der Waals surface area contributed by atoms with E-state index in [2.05, 4.69) is 11.1 Å². The van der Waals surface area contributed by atoms with E-state index < -0.39 is 0 Å². The van der Waals surface area contributed by atoms with Crippen molar-refractivity contribution in [3.8, 4) is 28.3 Å². The minimum atomic E-state index is -0.358. The number of thiophene rings is 1. The van der Waals surface area contributed by atoms with Gasteiger partial charge in [-0.15, -0.1) is 11.3 Å². The standard InChI is InChI=1S/C24H17NO3S/c1-14-20(18-9-8-17-13-19(27-2)11-10-16(17)12-18)21-23(29-14)25-22(28-24(21)26)15-6-4-3-5-7-15/h3-13H,1-2H3. The highest BCUT2D eigenvalue weighted by Crippen LogP contribution is 2.38. The first kappa shape index (κ1) is 17.6. The topological polar surface area (TPSA) is 52.3 Å². The molecule has 5 heteroatoms. The molecule has 0 saturated carbocycles. The van der Waals surface area contributed by atoms with E-state index in [1.807, 2.05) is 67.6 Å². The third kappa shape index (κ3) is 3.00. The van der Waals surface area contributed by atoms with Gasteiger partial charge in [-0.2, -0.15) is 0 Å². The molecule has 142 valence electrons. The molecule has 4 nitrogen and oxygen atoms in total. The number of fused-ring (bicyclic) bond motifs is 2. The largest absolute Gasteiger partial charge is 0.497 e. The van der Waals surface area contributed by atoms with Gasteiger partial charge < -0.3 is 9.15 Å². The van der Waals surface area contributed by atoms with Gasteiger partial charge in [-0.25, -0.2) is 9.78 Å². The quantitative estimate of drug-likeness (QED) is 0.370. The van der Waals surface area contributed by atoms with E-state index in [1.165, 1.54) is 11.3 Å². The summed E-state index contributed by atoms with van der Waals surface area (Å²) in [6, 6.07) is 21.6. The van der Waals surface area contributed by atoms with E-state index in [4.69, 9.17) is 9.15 Å². The number of nitrogens with zero attached hydrogens (tertiary/aromatic N) is 1. The molecule has 0 radical (unpaired) electrons. The average molecular weight is 399 g/mol. The third-order valence-corrected chi connectivity index (χ3v) is 6.02. The molecule has 0 aliphatic carbocycles. The van der Waals surface area contributed by atoms with Gasteiger partial charge in [0.05, 0.1) is 7.11 Å². The third-order valence-electron chi connectivity index (χ3n) is 5.02. The zero-order chi connectivity index (χ0) is 20.0. The second-order valence-corrected chi connectivity index (χ2v) is 8.02. The van der Waals surface area contributed by atoms with E-state index in [0.29, 0.717) is 16.1 Å². The van der Waals surface area contributed by atoms with Gasteiger partial charge in [-0.3, -0.25) is 0 Å². The number of hydrogen-bond donors (Lipinski definition) is 0. The number of hydrogen-bond acceptors (Lipinski definition) is 5. The number of rotatable bonds is 3. The van der Waals surface area contributed by atoms with Gasteiger partial charge in [0, 0.05) is 16.0 Å². The van der Waals surface area contributed by atoms with Gasteiger partial charge >= 0.3 is 5.63 Å². The van der Waals surface area contributed by atoms with Crippen molar-refractivity contribution in [2.75, 3.05) is 7.11 Å². The first-order chi connectivity index (χ1) is 14.1. The van der Waals surface area contributed by atoms with E-state index in [-0.39, 0.29) is 5.63 Å². The molecular formula is C24H17NO3S. The Balaban J connectivity index is 1.70. The lowest BCUT2D eigenvalue weighted by Crippen LogP contribution is -2.02. The SMILES string of the molecule is COc1ccc2cc(-c3c(C)sc4nc(-c5ccccc5)oc(=O)c34)ccc2c1. The Kier molecular flexibility index (Phi) is 4.18. The Morgan fingerprint density at radius 2 is 1.69 bits per heavy atom. The lowest BCUT2D eigenvalue weighted by atomic mass is 10.00. The van der Waals surface area contributed by atoms with Crippen LogP contribution in [0.25, 0.3) is 43.6 Å². The lowest BCUT2D eigenvalue weighted by Gasteiger charge is -2.06. The van der Waals surface area contributed by atoms with Crippen molar-refractivity contribution in [1.29, 1.82) is 0 Å². The second kappa shape index (κ2) is 6.87. The summed E-state index contributed by atoms with van der Waals surface area (Å²) in [4.78, 5) is 19.3. The van der Waals surface area contributed by atoms with Gasteiger partial charge in [0.15, 0.2) is 0 Å². The van der Waals surface area contributed by atoms with E-state index in [9.17, 15) is 4.79 Å². The molecule has 2 aromatic heterocycles. The number of aromatic nitrogens is 1. The molecule has 3 aromatic carbocycles. The van der Waals surface area contributed by atoms with Crippen LogP contribution in [-0.2, 0) is 0 Å². The maximum Gasteiger partial charge on any atom is 0.348 e. The van der Waals surface area contributed by atoms with Crippen LogP contribution in [0.3, 0.4) is 0 Å². The highest BCUT2D eigenvalue weighted by Gasteiger charge is 2.19. The molecule has 29 heavy (non-hydrogen) atoms. The van der Waals surface area contributed by atoms with Gasteiger partial charge in [0.25, 0.3) is 0 Å². The summed E-state index contributed by atoms with van der Waals surface area (Å²) in [7, 11) is 1.66. The first-order valence-electron chi connectivity index (χ1n) is 9.22. The Morgan fingerprint density at radius 3 is 2.48 bits per heavy atom. The van der Waals surface area contributed by atoms with E-state index in [0.717, 1.165) is 38.1 Å². The second-order valence-electron chi connectivity index (χ2n) is 6.81. The summed E-state index contributed by atoms with van der Waals surface area (Å²) in [6.45, 7) is 2.02. The molecule has 0 aliphatic rings. The molecule has 0 bridgehead atoms. The van der Waals surface area contributed by atoms with Crippen LogP contribution in [0, 0.1) is 6.92 Å². The molecule has 5 rings (SSSR count). The van der Waals surface area contributed by atoms with E-state index in [1.54, 1.807) is 7.11 Å². The highest BCUT2D eigenvalue weighted by molar-refractivity contribution is 7.19. The van der Waals surface area contributed by atoms with Crippen LogP contribution in [-0.4, -0.2) is 12.1 Å². The Bertz CT molecular complexity index is 1420. The highest BCUT2D eigenvalue weighted by atomic mass is 32.1. The molecule has 0 aliphatic heterocycles. The van der Waals surface area contributed by atoms with Crippen molar-refractivity contribution < 1.29 is 9.15 Å². The molecule has 0 spiro atoms. The van der Waals surface area contributed by atoms with Crippen LogP contribution in [0.5, 0.6) is 5.75 Å². The molecule has 0 unspecified atom stereocenters. The lowest BCUT2D eigenvalue weighted by molar-refractivity contribution is 0.415. The van der Waals surface area contributed by atoms with Gasteiger partial charge in [-0.1, -0.05) is 36.4 Å². The van der Waals surface area contributed by atoms with Gasteiger partial charge in [-0.05, 0) is 53.6 Å². The number of methoxy groups -OCH3 is 1. The van der Waals surface area contributed by atoms with Crippen LogP contribution in [0.2, 0.25) is 0 Å². The molecule has 5 aromatic rings. The summed E-state index contributed by atoms with van der Waals surface area (Å²) in [5.74, 6) is 1.17. The fraction of sp³-hybridized carbons (Fsp3) is 0.0833. The summed E-state index contributed by atoms with van der Waals surface area (Å²) >= 11 is 1.52. The molecule has 2 heterocycles. The minimum Gasteiger partial charge on any atom is -0.497 e. The Hall–Kier alpha value is -3.44. The van der Waals surface area contributed by atoms with Crippen molar-refractivity contribution >= 4 is 32.3 Å². The molecule has 0 N–H and O–H groups in total. The number of benzene rings is 3. The van der Waals surface area contributed by atoms with Crippen LogP contribution in [0.15, 0.2) is 75.9 Å². The predicted molar refractivity (Wildman–Crippen MR) is 118 cm³/mol. The first-order valence-corrected chi connectivity index (χ1v) is 10.0. The molecule has 0 fully saturated rings. The van der Waals surface area contributed by atoms with E-state index >= 15 is 0 Å². The summed E-state index contributed by atoms with van der Waals surface area (Å²) in [6.07, 6.45) is 0. The van der Waals surface area contributed by atoms with Crippen molar-refractivity contribution in [2.45, 2.75) is 6.92 Å². The van der Waals surface area contributed by atoms with Crippen LogP contribution < -0.4 is 10.4 Å². The van der Waals surface area contributed by atoms with Crippen LogP contribution >= 0.6 is 11.3 Å². The molecule has 0 atom stereocenters. The van der Waals surface area contributed by atoms with Crippen molar-refractivity contribution in [2.24, 2.45) is 0 Å². The van der Waals surface area contributed by atoms with Gasteiger partial charge in [0.2, 0.25) is 5.89 Å². The maximum absolute atomic E-state index is 12.9. The van der Waals surface area contributed by atoms with Crippen molar-refractivity contribution in [1.82, 2.24) is 4.98 Å². The summed E-state index contributed by atoms with van der Waals surface area (Å²) in [5, 5.41) is 2.71. The summed E-state index contributed by atoms with van der Waals surface area (Å²) < 4.78 is 10.9. The molecular weight excluding hydrogens is 382 g/mol. The van der Waals surface area contributed by atoms with Gasteiger partial charge in [0.1, 0.15) is 16.0 Å². The van der Waals surface area contributed by atoms with Crippen LogP contribution in [0.1, 0.15) is 4.88 Å². The maximum atomic E-state index is 12.9. The monoisotopic (exact) mass is 399 g/mol. The minimum absolute atomic E-state index is 0.349.